The summed E-state index contributed by atoms with van der Waals surface area (Å²) in [5.74, 6) is -0.227. The van der Waals surface area contributed by atoms with Crippen molar-refractivity contribution >= 4 is 39.1 Å². The summed E-state index contributed by atoms with van der Waals surface area (Å²) >= 11 is 6.21. The maximum atomic E-state index is 14.1. The lowest BCUT2D eigenvalue weighted by Crippen LogP contribution is -2.52. The number of carbonyl (C=O) groups is 2. The number of rotatable bonds is 12. The number of anilines is 1. The molecule has 1 fully saturated rings. The molecule has 3 aromatic carbocycles. The second kappa shape index (κ2) is 13.9. The zero-order valence-electron chi connectivity index (χ0n) is 24.0. The monoisotopic (exact) mass is 613 g/mol. The van der Waals surface area contributed by atoms with Crippen molar-refractivity contribution in [1.29, 1.82) is 0 Å². The summed E-state index contributed by atoms with van der Waals surface area (Å²) in [7, 11) is -1.38. The molecule has 42 heavy (non-hydrogen) atoms. The molecule has 1 aliphatic rings. The van der Waals surface area contributed by atoms with Crippen molar-refractivity contribution in [2.45, 2.75) is 56.1 Å². The number of hydrogen-bond acceptors (Lipinski definition) is 6. The zero-order valence-corrected chi connectivity index (χ0v) is 25.5. The maximum absolute atomic E-state index is 14.1. The van der Waals surface area contributed by atoms with Crippen molar-refractivity contribution in [3.63, 3.8) is 0 Å². The molecule has 11 heteroatoms. The number of carbonyl (C=O) groups excluding carboxylic acids is 2. The van der Waals surface area contributed by atoms with Gasteiger partial charge in [-0.25, -0.2) is 8.42 Å². The average Bonchev–Trinajstić information content (AvgIpc) is 3.51. The molecule has 4 rings (SSSR count). The van der Waals surface area contributed by atoms with Crippen LogP contribution in [-0.2, 0) is 26.2 Å². The first-order chi connectivity index (χ1) is 20.1. The van der Waals surface area contributed by atoms with E-state index in [1.165, 1.54) is 37.3 Å². The van der Waals surface area contributed by atoms with Crippen molar-refractivity contribution in [3.05, 3.63) is 83.4 Å². The Morgan fingerprint density at radius 1 is 0.952 bits per heavy atom. The van der Waals surface area contributed by atoms with Gasteiger partial charge in [0.15, 0.2) is 11.5 Å². The van der Waals surface area contributed by atoms with E-state index in [0.717, 1.165) is 30.0 Å². The Labute approximate surface area is 252 Å². The third-order valence-electron chi connectivity index (χ3n) is 7.38. The number of nitrogens with one attached hydrogen (secondary N) is 1. The van der Waals surface area contributed by atoms with Crippen LogP contribution in [0.5, 0.6) is 11.5 Å². The van der Waals surface area contributed by atoms with Crippen molar-refractivity contribution in [2.24, 2.45) is 0 Å². The number of amides is 2. The van der Waals surface area contributed by atoms with Gasteiger partial charge in [-0.3, -0.25) is 13.9 Å². The van der Waals surface area contributed by atoms with Crippen molar-refractivity contribution in [2.75, 3.05) is 25.1 Å². The van der Waals surface area contributed by atoms with Gasteiger partial charge in [0, 0.05) is 23.7 Å². The van der Waals surface area contributed by atoms with Crippen LogP contribution >= 0.6 is 11.6 Å². The van der Waals surface area contributed by atoms with Crippen LogP contribution in [-0.4, -0.2) is 58.0 Å². The number of ether oxygens (including phenoxy) is 2. The molecular formula is C31H36ClN3O6S. The summed E-state index contributed by atoms with van der Waals surface area (Å²) in [4.78, 5) is 28.7. The van der Waals surface area contributed by atoms with Gasteiger partial charge in [-0.15, -0.1) is 0 Å². The summed E-state index contributed by atoms with van der Waals surface area (Å²) in [5, 5.41) is 3.55. The minimum absolute atomic E-state index is 0.0642. The number of para-hydroxylation sites is 1. The van der Waals surface area contributed by atoms with E-state index in [9.17, 15) is 18.0 Å². The van der Waals surface area contributed by atoms with Gasteiger partial charge < -0.3 is 19.7 Å². The first-order valence-electron chi connectivity index (χ1n) is 13.8. The Morgan fingerprint density at radius 3 is 2.29 bits per heavy atom. The molecule has 224 valence electrons. The van der Waals surface area contributed by atoms with Gasteiger partial charge in [0.2, 0.25) is 11.8 Å². The van der Waals surface area contributed by atoms with Gasteiger partial charge in [0.05, 0.1) is 24.8 Å². The van der Waals surface area contributed by atoms with Crippen LogP contribution in [0.25, 0.3) is 0 Å². The molecule has 3 aromatic rings. The minimum Gasteiger partial charge on any atom is -0.493 e. The highest BCUT2D eigenvalue weighted by Crippen LogP contribution is 2.32. The van der Waals surface area contributed by atoms with Crippen LogP contribution in [0.4, 0.5) is 5.69 Å². The molecule has 0 radical (unpaired) electrons. The number of hydrogen-bond donors (Lipinski definition) is 1. The topological polar surface area (TPSA) is 105 Å². The number of sulfonamides is 1. The highest BCUT2D eigenvalue weighted by Gasteiger charge is 2.33. The van der Waals surface area contributed by atoms with Gasteiger partial charge in [0.1, 0.15) is 12.6 Å². The van der Waals surface area contributed by atoms with E-state index in [0.29, 0.717) is 22.0 Å². The van der Waals surface area contributed by atoms with Crippen LogP contribution < -0.4 is 19.1 Å². The standard InChI is InChI=1S/C31H36ClN3O6S/c1-22(31(37)33-25-12-7-8-13-25)34(20-23-10-9-11-24(32)18-23)30(36)21-35(26-14-5-4-6-15-26)42(38,39)27-16-17-28(40-2)29(19-27)41-3/h4-6,9-11,14-19,22,25H,7-8,12-13,20-21H2,1-3H3,(H,33,37)/t22-/m0/s1. The first kappa shape index (κ1) is 31.2. The molecule has 0 saturated heterocycles. The molecule has 0 aromatic heterocycles. The van der Waals surface area contributed by atoms with E-state index in [1.54, 1.807) is 55.5 Å². The van der Waals surface area contributed by atoms with Crippen molar-refractivity contribution in [1.82, 2.24) is 10.2 Å². The van der Waals surface area contributed by atoms with Gasteiger partial charge in [-0.1, -0.05) is 54.8 Å². The molecule has 0 unspecified atom stereocenters. The van der Waals surface area contributed by atoms with E-state index in [-0.39, 0.29) is 29.1 Å². The van der Waals surface area contributed by atoms with Crippen molar-refractivity contribution < 1.29 is 27.5 Å². The van der Waals surface area contributed by atoms with E-state index in [2.05, 4.69) is 5.32 Å². The predicted molar refractivity (Wildman–Crippen MR) is 162 cm³/mol. The normalized spacial score (nSPS) is 14.2. The lowest BCUT2D eigenvalue weighted by Gasteiger charge is -2.32. The molecule has 1 aliphatic carbocycles. The Hall–Kier alpha value is -3.76. The fourth-order valence-corrected chi connectivity index (χ4v) is 6.68. The molecule has 0 spiro atoms. The molecule has 2 amide bonds. The number of nitrogens with zero attached hydrogens (tertiary/aromatic N) is 2. The van der Waals surface area contributed by atoms with E-state index < -0.39 is 28.5 Å². The van der Waals surface area contributed by atoms with Crippen LogP contribution in [0, 0.1) is 0 Å². The summed E-state index contributed by atoms with van der Waals surface area (Å²) in [6, 6.07) is 18.8. The highest BCUT2D eigenvalue weighted by atomic mass is 35.5. The fourth-order valence-electron chi connectivity index (χ4n) is 5.03. The minimum atomic E-state index is -4.26. The summed E-state index contributed by atoms with van der Waals surface area (Å²) in [6.45, 7) is 1.18. The Balaban J connectivity index is 1.69. The smallest absolute Gasteiger partial charge is 0.264 e. The molecule has 1 atom stereocenters. The van der Waals surface area contributed by atoms with Gasteiger partial charge >= 0.3 is 0 Å². The number of benzene rings is 3. The summed E-state index contributed by atoms with van der Waals surface area (Å²) in [6.07, 6.45) is 3.88. The van der Waals surface area contributed by atoms with Crippen LogP contribution in [0.2, 0.25) is 5.02 Å². The average molecular weight is 614 g/mol. The van der Waals surface area contributed by atoms with Crippen LogP contribution in [0.3, 0.4) is 0 Å². The van der Waals surface area contributed by atoms with E-state index in [1.807, 2.05) is 6.07 Å². The molecule has 1 saturated carbocycles. The van der Waals surface area contributed by atoms with Crippen LogP contribution in [0.15, 0.2) is 77.7 Å². The number of methoxy groups -OCH3 is 2. The predicted octanol–water partition coefficient (Wildman–Crippen LogP) is 5.03. The number of halogens is 1. The van der Waals surface area contributed by atoms with Crippen LogP contribution in [0.1, 0.15) is 38.2 Å². The zero-order chi connectivity index (χ0) is 30.3. The maximum Gasteiger partial charge on any atom is 0.264 e. The first-order valence-corrected chi connectivity index (χ1v) is 15.6. The second-order valence-corrected chi connectivity index (χ2v) is 12.5. The third-order valence-corrected chi connectivity index (χ3v) is 9.38. The third kappa shape index (κ3) is 7.35. The Bertz CT molecular complexity index is 1500. The highest BCUT2D eigenvalue weighted by molar-refractivity contribution is 7.92. The molecule has 0 heterocycles. The Kier molecular flexibility index (Phi) is 10.3. The largest absolute Gasteiger partial charge is 0.493 e. The summed E-state index contributed by atoms with van der Waals surface area (Å²) < 4.78 is 39.8. The molecule has 0 aliphatic heterocycles. The summed E-state index contributed by atoms with van der Waals surface area (Å²) in [5.41, 5.74) is 1.01. The molecular weight excluding hydrogens is 578 g/mol. The quantitative estimate of drug-likeness (QED) is 0.307. The van der Waals surface area contributed by atoms with Gasteiger partial charge in [0.25, 0.3) is 10.0 Å². The molecule has 1 N–H and O–H groups in total. The van der Waals surface area contributed by atoms with E-state index in [4.69, 9.17) is 21.1 Å². The SMILES string of the molecule is COc1ccc(S(=O)(=O)N(CC(=O)N(Cc2cccc(Cl)c2)[C@@H](C)C(=O)NC2CCCC2)c2ccccc2)cc1OC. The molecule has 0 bridgehead atoms. The second-order valence-electron chi connectivity index (χ2n) is 10.2. The van der Waals surface area contributed by atoms with Gasteiger partial charge in [-0.2, -0.15) is 0 Å². The Morgan fingerprint density at radius 2 is 1.64 bits per heavy atom. The molecule has 9 nitrogen and oxygen atoms in total. The van der Waals surface area contributed by atoms with Crippen molar-refractivity contribution in [3.8, 4) is 11.5 Å². The fraction of sp³-hybridized carbons (Fsp3) is 0.355. The lowest BCUT2D eigenvalue weighted by atomic mass is 10.1. The lowest BCUT2D eigenvalue weighted by molar-refractivity contribution is -0.139. The van der Waals surface area contributed by atoms with E-state index >= 15 is 0 Å². The van der Waals surface area contributed by atoms with Gasteiger partial charge in [-0.05, 0) is 61.7 Å².